The molecule has 2 nitrogen and oxygen atoms in total. The second kappa shape index (κ2) is 5.80. The molecule has 0 amide bonds. The summed E-state index contributed by atoms with van der Waals surface area (Å²) in [5, 5.41) is 4.14. The summed E-state index contributed by atoms with van der Waals surface area (Å²) < 4.78 is 13.9. The van der Waals surface area contributed by atoms with Crippen molar-refractivity contribution >= 4 is 32.4 Å². The molecule has 0 spiro atoms. The van der Waals surface area contributed by atoms with Gasteiger partial charge in [-0.15, -0.1) is 0 Å². The fourth-order valence-corrected chi connectivity index (χ4v) is 2.50. The van der Waals surface area contributed by atoms with Crippen LogP contribution >= 0.6 is 27.3 Å². The summed E-state index contributed by atoms with van der Waals surface area (Å²) in [5.74, 6) is 0.320. The highest BCUT2D eigenvalue weighted by molar-refractivity contribution is 9.10. The van der Waals surface area contributed by atoms with Crippen molar-refractivity contribution in [3.8, 4) is 10.4 Å². The molecule has 0 atom stereocenters. The van der Waals surface area contributed by atoms with E-state index in [2.05, 4.69) is 40.1 Å². The van der Waals surface area contributed by atoms with Crippen molar-refractivity contribution in [2.24, 2.45) is 5.92 Å². The third-order valence-electron chi connectivity index (χ3n) is 2.37. The number of nitrogens with one attached hydrogen (secondary N) is 1. The molecule has 0 saturated heterocycles. The molecule has 0 fully saturated rings. The molecule has 0 aliphatic heterocycles. The SMILES string of the molecule is CC(C)CNc1ncc(-c2ccc(Br)c(F)c2)s1. The number of anilines is 1. The number of aromatic nitrogens is 1. The first-order valence-electron chi connectivity index (χ1n) is 5.71. The molecule has 0 bridgehead atoms. The topological polar surface area (TPSA) is 24.9 Å². The average molecular weight is 329 g/mol. The molecule has 1 aromatic carbocycles. The van der Waals surface area contributed by atoms with Crippen molar-refractivity contribution in [1.29, 1.82) is 0 Å². The Morgan fingerprint density at radius 1 is 1.44 bits per heavy atom. The molecular weight excluding hydrogens is 315 g/mol. The minimum absolute atomic E-state index is 0.252. The fraction of sp³-hybridized carbons (Fsp3) is 0.308. The number of thiazole rings is 1. The van der Waals surface area contributed by atoms with Gasteiger partial charge in [0.1, 0.15) is 5.82 Å². The number of benzene rings is 1. The van der Waals surface area contributed by atoms with Crippen LogP contribution in [-0.2, 0) is 0 Å². The summed E-state index contributed by atoms with van der Waals surface area (Å²) in [7, 11) is 0. The molecule has 5 heteroatoms. The standard InChI is InChI=1S/C13H14BrFN2S/c1-8(2)6-16-13-17-7-12(18-13)9-3-4-10(14)11(15)5-9/h3-5,7-8H,6H2,1-2H3,(H,16,17). The van der Waals surface area contributed by atoms with Crippen LogP contribution in [0, 0.1) is 11.7 Å². The highest BCUT2D eigenvalue weighted by atomic mass is 79.9. The Hall–Kier alpha value is -0.940. The molecule has 18 heavy (non-hydrogen) atoms. The van der Waals surface area contributed by atoms with Gasteiger partial charge in [0.2, 0.25) is 0 Å². The molecule has 0 aliphatic rings. The largest absolute Gasteiger partial charge is 0.361 e. The lowest BCUT2D eigenvalue weighted by Crippen LogP contribution is -2.07. The summed E-state index contributed by atoms with van der Waals surface area (Å²) >= 11 is 4.69. The van der Waals surface area contributed by atoms with Crippen LogP contribution in [0.4, 0.5) is 9.52 Å². The number of halogens is 2. The quantitative estimate of drug-likeness (QED) is 0.873. The van der Waals surface area contributed by atoms with Gasteiger partial charge < -0.3 is 5.32 Å². The van der Waals surface area contributed by atoms with Crippen LogP contribution in [0.1, 0.15) is 13.8 Å². The lowest BCUT2D eigenvalue weighted by molar-refractivity contribution is 0.622. The van der Waals surface area contributed by atoms with Crippen molar-refractivity contribution in [3.63, 3.8) is 0 Å². The van der Waals surface area contributed by atoms with Crippen LogP contribution < -0.4 is 5.32 Å². The Morgan fingerprint density at radius 2 is 2.22 bits per heavy atom. The molecule has 1 heterocycles. The normalized spacial score (nSPS) is 10.9. The van der Waals surface area contributed by atoms with Crippen LogP contribution in [0.25, 0.3) is 10.4 Å². The zero-order chi connectivity index (χ0) is 13.1. The Kier molecular flexibility index (Phi) is 4.35. The third-order valence-corrected chi connectivity index (χ3v) is 4.02. The van der Waals surface area contributed by atoms with E-state index >= 15 is 0 Å². The van der Waals surface area contributed by atoms with E-state index in [-0.39, 0.29) is 5.82 Å². The van der Waals surface area contributed by atoms with Crippen molar-refractivity contribution in [1.82, 2.24) is 4.98 Å². The second-order valence-electron chi connectivity index (χ2n) is 4.43. The summed E-state index contributed by atoms with van der Waals surface area (Å²) in [6, 6.07) is 5.11. The maximum atomic E-state index is 13.4. The van der Waals surface area contributed by atoms with E-state index in [1.165, 1.54) is 17.4 Å². The third kappa shape index (κ3) is 3.29. The van der Waals surface area contributed by atoms with Crippen molar-refractivity contribution in [2.45, 2.75) is 13.8 Å². The van der Waals surface area contributed by atoms with Crippen LogP contribution in [0.15, 0.2) is 28.9 Å². The van der Waals surface area contributed by atoms with Crippen molar-refractivity contribution < 1.29 is 4.39 Å². The van der Waals surface area contributed by atoms with Gasteiger partial charge in [0.15, 0.2) is 5.13 Å². The zero-order valence-corrected chi connectivity index (χ0v) is 12.6. The van der Waals surface area contributed by atoms with Crippen LogP contribution in [0.2, 0.25) is 0 Å². The number of nitrogens with zero attached hydrogens (tertiary/aromatic N) is 1. The predicted octanol–water partition coefficient (Wildman–Crippen LogP) is 4.78. The van der Waals surface area contributed by atoms with E-state index < -0.39 is 0 Å². The van der Waals surface area contributed by atoms with E-state index in [1.54, 1.807) is 12.3 Å². The molecular formula is C13H14BrFN2S. The molecule has 0 radical (unpaired) electrons. The first-order valence-corrected chi connectivity index (χ1v) is 7.32. The van der Waals surface area contributed by atoms with Crippen molar-refractivity contribution in [3.05, 3.63) is 34.7 Å². The second-order valence-corrected chi connectivity index (χ2v) is 6.32. The molecule has 2 aromatic rings. The lowest BCUT2D eigenvalue weighted by Gasteiger charge is -2.04. The Morgan fingerprint density at radius 3 is 2.89 bits per heavy atom. The highest BCUT2D eigenvalue weighted by Crippen LogP contribution is 2.31. The molecule has 0 unspecified atom stereocenters. The van der Waals surface area contributed by atoms with Gasteiger partial charge in [0, 0.05) is 12.7 Å². The van der Waals surface area contributed by atoms with Gasteiger partial charge in [0.05, 0.1) is 9.35 Å². The van der Waals surface area contributed by atoms with Crippen molar-refractivity contribution in [2.75, 3.05) is 11.9 Å². The van der Waals surface area contributed by atoms with Gasteiger partial charge in [-0.3, -0.25) is 0 Å². The first kappa shape index (κ1) is 13.5. The van der Waals surface area contributed by atoms with E-state index in [0.29, 0.717) is 10.4 Å². The van der Waals surface area contributed by atoms with Crippen LogP contribution in [0.3, 0.4) is 0 Å². The van der Waals surface area contributed by atoms with Gasteiger partial charge in [-0.1, -0.05) is 31.3 Å². The van der Waals surface area contributed by atoms with Gasteiger partial charge in [-0.25, -0.2) is 9.37 Å². The Bertz CT molecular complexity index is 540. The number of hydrogen-bond donors (Lipinski definition) is 1. The van der Waals surface area contributed by atoms with E-state index in [0.717, 1.165) is 22.1 Å². The molecule has 2 rings (SSSR count). The maximum Gasteiger partial charge on any atom is 0.183 e. The number of hydrogen-bond acceptors (Lipinski definition) is 3. The lowest BCUT2D eigenvalue weighted by atomic mass is 10.2. The molecule has 1 aromatic heterocycles. The summed E-state index contributed by atoms with van der Waals surface area (Å²) in [4.78, 5) is 5.26. The smallest absolute Gasteiger partial charge is 0.183 e. The van der Waals surface area contributed by atoms with E-state index in [1.807, 2.05) is 6.07 Å². The Balaban J connectivity index is 2.16. The van der Waals surface area contributed by atoms with E-state index in [9.17, 15) is 4.39 Å². The predicted molar refractivity (Wildman–Crippen MR) is 78.5 cm³/mol. The average Bonchev–Trinajstić information content (AvgIpc) is 2.79. The molecule has 1 N–H and O–H groups in total. The van der Waals surface area contributed by atoms with Crippen LogP contribution in [-0.4, -0.2) is 11.5 Å². The van der Waals surface area contributed by atoms with Gasteiger partial charge >= 0.3 is 0 Å². The monoisotopic (exact) mass is 328 g/mol. The van der Waals surface area contributed by atoms with Crippen LogP contribution in [0.5, 0.6) is 0 Å². The minimum atomic E-state index is -0.252. The fourth-order valence-electron chi connectivity index (χ4n) is 1.43. The highest BCUT2D eigenvalue weighted by Gasteiger charge is 2.07. The van der Waals surface area contributed by atoms with Gasteiger partial charge in [-0.2, -0.15) is 0 Å². The molecule has 0 aliphatic carbocycles. The summed E-state index contributed by atoms with van der Waals surface area (Å²) in [6.07, 6.45) is 1.77. The molecule has 0 saturated carbocycles. The van der Waals surface area contributed by atoms with E-state index in [4.69, 9.17) is 0 Å². The van der Waals surface area contributed by atoms with Gasteiger partial charge in [-0.05, 0) is 39.5 Å². The Labute approximate surface area is 118 Å². The summed E-state index contributed by atoms with van der Waals surface area (Å²) in [5.41, 5.74) is 0.853. The summed E-state index contributed by atoms with van der Waals surface area (Å²) in [6.45, 7) is 5.18. The number of rotatable bonds is 4. The molecule has 96 valence electrons. The minimum Gasteiger partial charge on any atom is -0.361 e. The first-order chi connectivity index (χ1) is 8.56. The van der Waals surface area contributed by atoms with Gasteiger partial charge in [0.25, 0.3) is 0 Å². The maximum absolute atomic E-state index is 13.4. The zero-order valence-electron chi connectivity index (χ0n) is 10.2.